The lowest BCUT2D eigenvalue weighted by molar-refractivity contribution is -0.385. The smallest absolute Gasteiger partial charge is 0.274 e. The molecule has 1 aromatic rings. The van der Waals surface area contributed by atoms with Crippen LogP contribution in [0.2, 0.25) is 5.02 Å². The predicted octanol–water partition coefficient (Wildman–Crippen LogP) is 2.94. The van der Waals surface area contributed by atoms with Crippen LogP contribution in [-0.4, -0.2) is 10.2 Å². The third-order valence-electron chi connectivity index (χ3n) is 1.74. The minimum atomic E-state index is -0.769. The van der Waals surface area contributed by atoms with E-state index in [0.717, 1.165) is 6.07 Å². The van der Waals surface area contributed by atoms with Crippen LogP contribution in [0.15, 0.2) is 12.1 Å². The summed E-state index contributed by atoms with van der Waals surface area (Å²) in [6, 6.07) is 2.41. The summed E-state index contributed by atoms with van der Waals surface area (Å²) in [6.07, 6.45) is 0. The van der Waals surface area contributed by atoms with E-state index in [1.807, 2.05) is 0 Å². The van der Waals surface area contributed by atoms with Gasteiger partial charge in [-0.05, 0) is 24.6 Å². The molecule has 0 saturated carbocycles. The molecule has 0 fully saturated rings. The van der Waals surface area contributed by atoms with Gasteiger partial charge < -0.3 is 0 Å². The molecular weight excluding hydrogens is 229 g/mol. The second-order valence-corrected chi connectivity index (χ2v) is 3.38. The standard InChI is InChI=1S/C8H5Cl2NO3/c1-4-6(9)2-5(8(10)12)3-7(4)11(13)14/h2-3H,1H3. The summed E-state index contributed by atoms with van der Waals surface area (Å²) in [5.41, 5.74) is 0.133. The monoisotopic (exact) mass is 233 g/mol. The van der Waals surface area contributed by atoms with Crippen molar-refractivity contribution in [2.24, 2.45) is 0 Å². The predicted molar refractivity (Wildman–Crippen MR) is 53.0 cm³/mol. The summed E-state index contributed by atoms with van der Waals surface area (Å²) in [5, 5.41) is 9.93. The third kappa shape index (κ3) is 2.02. The molecule has 0 N–H and O–H groups in total. The van der Waals surface area contributed by atoms with Gasteiger partial charge in [0.15, 0.2) is 0 Å². The molecule has 0 amide bonds. The zero-order valence-corrected chi connectivity index (χ0v) is 8.59. The highest BCUT2D eigenvalue weighted by Gasteiger charge is 2.17. The summed E-state index contributed by atoms with van der Waals surface area (Å²) in [4.78, 5) is 20.7. The number of nitro groups is 1. The van der Waals surface area contributed by atoms with Crippen LogP contribution in [0.4, 0.5) is 5.69 Å². The molecule has 0 heterocycles. The van der Waals surface area contributed by atoms with Crippen LogP contribution in [0, 0.1) is 17.0 Å². The van der Waals surface area contributed by atoms with Crippen LogP contribution in [0.25, 0.3) is 0 Å². The Balaban J connectivity index is 3.43. The van der Waals surface area contributed by atoms with Gasteiger partial charge in [0.05, 0.1) is 9.95 Å². The van der Waals surface area contributed by atoms with Gasteiger partial charge in [0.2, 0.25) is 0 Å². The van der Waals surface area contributed by atoms with Gasteiger partial charge in [-0.2, -0.15) is 0 Å². The number of hydrogen-bond acceptors (Lipinski definition) is 3. The number of nitrogens with zero attached hydrogens (tertiary/aromatic N) is 1. The first kappa shape index (κ1) is 10.9. The number of rotatable bonds is 2. The molecule has 0 aliphatic carbocycles. The van der Waals surface area contributed by atoms with Crippen LogP contribution in [0.5, 0.6) is 0 Å². The van der Waals surface area contributed by atoms with Crippen molar-refractivity contribution < 1.29 is 9.72 Å². The van der Waals surface area contributed by atoms with Crippen LogP contribution in [-0.2, 0) is 0 Å². The van der Waals surface area contributed by atoms with Crippen LogP contribution < -0.4 is 0 Å². The second kappa shape index (κ2) is 3.94. The topological polar surface area (TPSA) is 60.2 Å². The lowest BCUT2D eigenvalue weighted by atomic mass is 10.1. The molecule has 0 atom stereocenters. The van der Waals surface area contributed by atoms with Crippen molar-refractivity contribution in [3.8, 4) is 0 Å². The van der Waals surface area contributed by atoms with Crippen molar-refractivity contribution in [3.63, 3.8) is 0 Å². The van der Waals surface area contributed by atoms with Crippen molar-refractivity contribution >= 4 is 34.1 Å². The van der Waals surface area contributed by atoms with E-state index in [0.29, 0.717) is 5.56 Å². The van der Waals surface area contributed by atoms with E-state index < -0.39 is 10.2 Å². The zero-order chi connectivity index (χ0) is 10.9. The third-order valence-corrected chi connectivity index (χ3v) is 2.35. The van der Waals surface area contributed by atoms with E-state index in [1.54, 1.807) is 0 Å². The average Bonchev–Trinajstić information content (AvgIpc) is 2.08. The summed E-state index contributed by atoms with van der Waals surface area (Å²) >= 11 is 10.9. The lowest BCUT2D eigenvalue weighted by Gasteiger charge is -2.01. The molecular formula is C8H5Cl2NO3. The van der Waals surface area contributed by atoms with Crippen molar-refractivity contribution in [1.29, 1.82) is 0 Å². The average molecular weight is 234 g/mol. The Hall–Kier alpha value is -1.13. The van der Waals surface area contributed by atoms with E-state index >= 15 is 0 Å². The SMILES string of the molecule is Cc1c(Cl)cc(C(=O)Cl)cc1[N+](=O)[O-]. The van der Waals surface area contributed by atoms with E-state index in [4.69, 9.17) is 23.2 Å². The first-order chi connectivity index (χ1) is 6.43. The van der Waals surface area contributed by atoms with Gasteiger partial charge in [-0.15, -0.1) is 0 Å². The number of hydrogen-bond donors (Lipinski definition) is 0. The zero-order valence-electron chi connectivity index (χ0n) is 7.08. The van der Waals surface area contributed by atoms with Gasteiger partial charge in [0, 0.05) is 17.2 Å². The van der Waals surface area contributed by atoms with Crippen molar-refractivity contribution in [2.45, 2.75) is 6.92 Å². The Bertz CT molecular complexity index is 417. The summed E-state index contributed by atoms with van der Waals surface area (Å²) in [7, 11) is 0. The van der Waals surface area contributed by atoms with Gasteiger partial charge in [-0.1, -0.05) is 11.6 Å². The molecule has 1 rings (SSSR count). The molecule has 0 aliphatic rings. The number of carbonyl (C=O) groups excluding carboxylic acids is 1. The maximum Gasteiger partial charge on any atom is 0.274 e. The molecule has 4 nitrogen and oxygen atoms in total. The van der Waals surface area contributed by atoms with Crippen molar-refractivity contribution in [3.05, 3.63) is 38.4 Å². The number of carbonyl (C=O) groups is 1. The summed E-state index contributed by atoms with van der Waals surface area (Å²) < 4.78 is 0. The van der Waals surface area contributed by atoms with Crippen LogP contribution in [0.1, 0.15) is 15.9 Å². The number of nitro benzene ring substituents is 1. The van der Waals surface area contributed by atoms with Crippen LogP contribution >= 0.6 is 23.2 Å². The van der Waals surface area contributed by atoms with Crippen LogP contribution in [0.3, 0.4) is 0 Å². The first-order valence-electron chi connectivity index (χ1n) is 3.58. The number of halogens is 2. The molecule has 14 heavy (non-hydrogen) atoms. The highest BCUT2D eigenvalue weighted by Crippen LogP contribution is 2.27. The molecule has 0 saturated heterocycles. The Morgan fingerprint density at radius 2 is 2.07 bits per heavy atom. The molecule has 0 spiro atoms. The minimum Gasteiger partial charge on any atom is -0.276 e. The van der Waals surface area contributed by atoms with Gasteiger partial charge in [-0.25, -0.2) is 0 Å². The Labute approximate surface area is 89.6 Å². The molecule has 1 aromatic carbocycles. The van der Waals surface area contributed by atoms with Gasteiger partial charge in [0.25, 0.3) is 10.9 Å². The molecule has 0 aliphatic heterocycles. The highest BCUT2D eigenvalue weighted by molar-refractivity contribution is 6.67. The molecule has 0 aromatic heterocycles. The second-order valence-electron chi connectivity index (χ2n) is 2.63. The molecule has 0 bridgehead atoms. The molecule has 6 heteroatoms. The van der Waals surface area contributed by atoms with E-state index in [2.05, 4.69) is 0 Å². The van der Waals surface area contributed by atoms with Crippen molar-refractivity contribution in [1.82, 2.24) is 0 Å². The minimum absolute atomic E-state index is 0.0222. The summed E-state index contributed by atoms with van der Waals surface area (Å²) in [6.45, 7) is 1.50. The Morgan fingerprint density at radius 3 is 2.50 bits per heavy atom. The fraction of sp³-hybridized carbons (Fsp3) is 0.125. The lowest BCUT2D eigenvalue weighted by Crippen LogP contribution is -1.97. The van der Waals surface area contributed by atoms with Crippen molar-refractivity contribution in [2.75, 3.05) is 0 Å². The maximum absolute atomic E-state index is 10.8. The fourth-order valence-electron chi connectivity index (χ4n) is 0.967. The van der Waals surface area contributed by atoms with E-state index in [9.17, 15) is 14.9 Å². The molecule has 0 unspecified atom stereocenters. The molecule has 0 radical (unpaired) electrons. The van der Waals surface area contributed by atoms with Gasteiger partial charge in [0.1, 0.15) is 0 Å². The Morgan fingerprint density at radius 1 is 1.50 bits per heavy atom. The van der Waals surface area contributed by atoms with Gasteiger partial charge in [-0.3, -0.25) is 14.9 Å². The maximum atomic E-state index is 10.8. The van der Waals surface area contributed by atoms with Gasteiger partial charge >= 0.3 is 0 Å². The fourth-order valence-corrected chi connectivity index (χ4v) is 1.29. The normalized spacial score (nSPS) is 9.93. The molecule has 74 valence electrons. The van der Waals surface area contributed by atoms with E-state index in [-0.39, 0.29) is 16.3 Å². The summed E-state index contributed by atoms with van der Waals surface area (Å²) in [5.74, 6) is 0. The Kier molecular flexibility index (Phi) is 3.08. The number of benzene rings is 1. The van der Waals surface area contributed by atoms with E-state index in [1.165, 1.54) is 13.0 Å². The highest BCUT2D eigenvalue weighted by atomic mass is 35.5. The first-order valence-corrected chi connectivity index (χ1v) is 4.33. The quantitative estimate of drug-likeness (QED) is 0.449. The largest absolute Gasteiger partial charge is 0.276 e.